The summed E-state index contributed by atoms with van der Waals surface area (Å²) in [4.78, 5) is 14.4. The summed E-state index contributed by atoms with van der Waals surface area (Å²) in [7, 11) is 0. The first-order valence-corrected chi connectivity index (χ1v) is 10.2. The molecule has 1 unspecified atom stereocenters. The first kappa shape index (κ1) is 21.4. The van der Waals surface area contributed by atoms with Crippen molar-refractivity contribution in [3.63, 3.8) is 0 Å². The largest absolute Gasteiger partial charge is 0.465 e. The minimum absolute atomic E-state index is 0.0418. The van der Waals surface area contributed by atoms with Gasteiger partial charge in [0.25, 0.3) is 0 Å². The lowest BCUT2D eigenvalue weighted by Gasteiger charge is -2.34. The second-order valence-electron chi connectivity index (χ2n) is 7.31. The van der Waals surface area contributed by atoms with Gasteiger partial charge in [-0.15, -0.1) is 0 Å². The van der Waals surface area contributed by atoms with Gasteiger partial charge in [-0.2, -0.15) is 0 Å². The van der Waals surface area contributed by atoms with Crippen LogP contribution in [-0.4, -0.2) is 49.7 Å². The van der Waals surface area contributed by atoms with Crippen molar-refractivity contribution >= 4 is 5.97 Å². The van der Waals surface area contributed by atoms with E-state index in [2.05, 4.69) is 10.2 Å². The van der Waals surface area contributed by atoms with Crippen molar-refractivity contribution in [2.24, 2.45) is 0 Å². The summed E-state index contributed by atoms with van der Waals surface area (Å²) in [6, 6.07) is 12.7. The van der Waals surface area contributed by atoms with E-state index in [-0.39, 0.29) is 29.6 Å². The van der Waals surface area contributed by atoms with Gasteiger partial charge in [0.05, 0.1) is 6.61 Å². The number of hydrogen-bond acceptors (Lipinski definition) is 4. The van der Waals surface area contributed by atoms with Crippen LogP contribution in [0.5, 0.6) is 0 Å². The number of hydrogen-bond donors (Lipinski definition) is 1. The molecule has 1 N–H and O–H groups in total. The molecule has 156 valence electrons. The van der Waals surface area contributed by atoms with Crippen LogP contribution in [0.25, 0.3) is 0 Å². The number of nitrogens with zero attached hydrogens (tertiary/aromatic N) is 1. The summed E-state index contributed by atoms with van der Waals surface area (Å²) in [6.45, 7) is 5.19. The Balaban J connectivity index is 1.68. The molecule has 1 heterocycles. The van der Waals surface area contributed by atoms with Crippen LogP contribution in [0.15, 0.2) is 48.5 Å². The number of nitrogens with one attached hydrogen (secondary N) is 1. The average molecular weight is 402 g/mol. The SMILES string of the molecule is CCOC(=O)C1CNCCN1CCCC(c1ccc(F)cc1)c1ccc(F)cc1. The average Bonchev–Trinajstić information content (AvgIpc) is 2.73. The molecule has 1 atom stereocenters. The molecule has 1 aliphatic rings. The second kappa shape index (κ2) is 10.5. The van der Waals surface area contributed by atoms with Crippen LogP contribution < -0.4 is 5.32 Å². The smallest absolute Gasteiger partial charge is 0.324 e. The Labute approximate surface area is 170 Å². The van der Waals surface area contributed by atoms with E-state index >= 15 is 0 Å². The van der Waals surface area contributed by atoms with Gasteiger partial charge in [0.15, 0.2) is 0 Å². The highest BCUT2D eigenvalue weighted by molar-refractivity contribution is 5.76. The standard InChI is InChI=1S/C23H28F2N2O2/c1-2-29-23(28)22-16-26-13-15-27(22)14-3-4-21(17-5-9-19(24)10-6-17)18-7-11-20(25)12-8-18/h5-12,21-22,26H,2-4,13-16H2,1H3. The van der Waals surface area contributed by atoms with E-state index in [1.807, 2.05) is 6.92 Å². The third kappa shape index (κ3) is 5.84. The van der Waals surface area contributed by atoms with Crippen LogP contribution in [0, 0.1) is 11.6 Å². The van der Waals surface area contributed by atoms with Crippen LogP contribution in [0.3, 0.4) is 0 Å². The lowest BCUT2D eigenvalue weighted by molar-refractivity contribution is -0.150. The van der Waals surface area contributed by atoms with Gasteiger partial charge in [-0.25, -0.2) is 8.78 Å². The van der Waals surface area contributed by atoms with Gasteiger partial charge in [0.1, 0.15) is 17.7 Å². The number of carbonyl (C=O) groups is 1. The number of carbonyl (C=O) groups excluding carboxylic acids is 1. The molecule has 2 aromatic rings. The summed E-state index contributed by atoms with van der Waals surface area (Å²) < 4.78 is 32.0. The van der Waals surface area contributed by atoms with Crippen molar-refractivity contribution in [3.05, 3.63) is 71.3 Å². The Hall–Kier alpha value is -2.31. The molecule has 4 nitrogen and oxygen atoms in total. The normalized spacial score (nSPS) is 17.4. The van der Waals surface area contributed by atoms with Crippen molar-refractivity contribution in [2.75, 3.05) is 32.8 Å². The number of esters is 1. The van der Waals surface area contributed by atoms with Crippen molar-refractivity contribution in [1.29, 1.82) is 0 Å². The van der Waals surface area contributed by atoms with Crippen molar-refractivity contribution in [2.45, 2.75) is 31.7 Å². The zero-order valence-corrected chi connectivity index (χ0v) is 16.7. The van der Waals surface area contributed by atoms with E-state index in [9.17, 15) is 13.6 Å². The van der Waals surface area contributed by atoms with E-state index in [1.54, 1.807) is 24.3 Å². The van der Waals surface area contributed by atoms with E-state index in [0.717, 1.165) is 43.6 Å². The number of halogens is 2. The fraction of sp³-hybridized carbons (Fsp3) is 0.435. The van der Waals surface area contributed by atoms with Crippen molar-refractivity contribution < 1.29 is 18.3 Å². The molecule has 0 spiro atoms. The number of ether oxygens (including phenoxy) is 1. The minimum atomic E-state index is -0.273. The fourth-order valence-electron chi connectivity index (χ4n) is 3.90. The fourth-order valence-corrected chi connectivity index (χ4v) is 3.90. The first-order chi connectivity index (χ1) is 14.1. The maximum Gasteiger partial charge on any atom is 0.324 e. The third-order valence-electron chi connectivity index (χ3n) is 5.40. The molecule has 1 aliphatic heterocycles. The van der Waals surface area contributed by atoms with Gasteiger partial charge >= 0.3 is 5.97 Å². The van der Waals surface area contributed by atoms with Crippen LogP contribution in [0.2, 0.25) is 0 Å². The number of benzene rings is 2. The first-order valence-electron chi connectivity index (χ1n) is 10.2. The Morgan fingerprint density at radius 3 is 2.24 bits per heavy atom. The molecule has 0 aliphatic carbocycles. The predicted octanol–water partition coefficient (Wildman–Crippen LogP) is 3.71. The van der Waals surface area contributed by atoms with Crippen LogP contribution >= 0.6 is 0 Å². The van der Waals surface area contributed by atoms with Gasteiger partial charge < -0.3 is 10.1 Å². The number of rotatable bonds is 8. The Kier molecular flexibility index (Phi) is 7.72. The van der Waals surface area contributed by atoms with E-state index in [4.69, 9.17) is 4.74 Å². The summed E-state index contributed by atoms with van der Waals surface area (Å²) in [6.07, 6.45) is 1.67. The van der Waals surface area contributed by atoms with E-state index in [1.165, 1.54) is 24.3 Å². The molecule has 29 heavy (non-hydrogen) atoms. The number of piperazine rings is 1. The quantitative estimate of drug-likeness (QED) is 0.684. The molecule has 0 aromatic heterocycles. The minimum Gasteiger partial charge on any atom is -0.465 e. The molecule has 0 bridgehead atoms. The zero-order chi connectivity index (χ0) is 20.6. The molecule has 2 aromatic carbocycles. The highest BCUT2D eigenvalue weighted by Gasteiger charge is 2.29. The van der Waals surface area contributed by atoms with Crippen molar-refractivity contribution in [1.82, 2.24) is 10.2 Å². The monoisotopic (exact) mass is 402 g/mol. The maximum absolute atomic E-state index is 13.4. The van der Waals surface area contributed by atoms with Crippen molar-refractivity contribution in [3.8, 4) is 0 Å². The molecule has 1 saturated heterocycles. The predicted molar refractivity (Wildman–Crippen MR) is 109 cm³/mol. The third-order valence-corrected chi connectivity index (χ3v) is 5.40. The van der Waals surface area contributed by atoms with E-state index < -0.39 is 0 Å². The van der Waals surface area contributed by atoms with Gasteiger partial charge in [-0.3, -0.25) is 9.69 Å². The lowest BCUT2D eigenvalue weighted by Crippen LogP contribution is -2.55. The molecule has 3 rings (SSSR count). The highest BCUT2D eigenvalue weighted by atomic mass is 19.1. The summed E-state index contributed by atoms with van der Waals surface area (Å²) in [5.74, 6) is -0.692. The second-order valence-corrected chi connectivity index (χ2v) is 7.31. The summed E-state index contributed by atoms with van der Waals surface area (Å²) in [5.41, 5.74) is 2.00. The van der Waals surface area contributed by atoms with Gasteiger partial charge in [0.2, 0.25) is 0 Å². The van der Waals surface area contributed by atoms with Gasteiger partial charge in [0, 0.05) is 25.6 Å². The lowest BCUT2D eigenvalue weighted by atomic mass is 9.87. The zero-order valence-electron chi connectivity index (χ0n) is 16.7. The molecule has 0 amide bonds. The molecular formula is C23H28F2N2O2. The Bertz CT molecular complexity index is 735. The van der Waals surface area contributed by atoms with Crippen LogP contribution in [-0.2, 0) is 9.53 Å². The topological polar surface area (TPSA) is 41.6 Å². The summed E-state index contributed by atoms with van der Waals surface area (Å²) in [5, 5.41) is 3.25. The Morgan fingerprint density at radius 2 is 1.69 bits per heavy atom. The molecule has 6 heteroatoms. The van der Waals surface area contributed by atoms with Crippen LogP contribution in [0.4, 0.5) is 8.78 Å². The molecule has 1 fully saturated rings. The van der Waals surface area contributed by atoms with Gasteiger partial charge in [-0.1, -0.05) is 24.3 Å². The van der Waals surface area contributed by atoms with Gasteiger partial charge in [-0.05, 0) is 61.7 Å². The summed E-state index contributed by atoms with van der Waals surface area (Å²) >= 11 is 0. The molecule has 0 saturated carbocycles. The molecule has 0 radical (unpaired) electrons. The van der Waals surface area contributed by atoms with E-state index in [0.29, 0.717) is 13.2 Å². The maximum atomic E-state index is 13.4. The Morgan fingerprint density at radius 1 is 1.10 bits per heavy atom. The molecular weight excluding hydrogens is 374 g/mol. The highest BCUT2D eigenvalue weighted by Crippen LogP contribution is 2.30. The van der Waals surface area contributed by atoms with Crippen LogP contribution in [0.1, 0.15) is 36.8 Å².